The zero-order chi connectivity index (χ0) is 14.8. The highest BCUT2D eigenvalue weighted by atomic mass is 16.3. The first-order chi connectivity index (χ1) is 10.1. The third kappa shape index (κ3) is 2.55. The van der Waals surface area contributed by atoms with Crippen LogP contribution in [-0.4, -0.2) is 26.2 Å². The Morgan fingerprint density at radius 2 is 2.14 bits per heavy atom. The van der Waals surface area contributed by atoms with Gasteiger partial charge in [0.05, 0.1) is 5.69 Å². The second kappa shape index (κ2) is 5.24. The van der Waals surface area contributed by atoms with Crippen molar-refractivity contribution in [1.29, 1.82) is 0 Å². The molecule has 1 amide bonds. The van der Waals surface area contributed by atoms with Gasteiger partial charge in [-0.05, 0) is 23.8 Å². The van der Waals surface area contributed by atoms with E-state index in [0.29, 0.717) is 23.4 Å². The first-order valence-electron chi connectivity index (χ1n) is 6.51. The van der Waals surface area contributed by atoms with Gasteiger partial charge in [0.1, 0.15) is 5.75 Å². The number of para-hydroxylation sites is 1. The molecule has 2 aromatic heterocycles. The number of rotatable bonds is 3. The van der Waals surface area contributed by atoms with Gasteiger partial charge in [-0.15, -0.1) is 10.2 Å². The van der Waals surface area contributed by atoms with Crippen molar-refractivity contribution in [3.8, 4) is 17.0 Å². The molecule has 0 fully saturated rings. The van der Waals surface area contributed by atoms with Crippen LogP contribution < -0.4 is 5.32 Å². The second-order valence-corrected chi connectivity index (χ2v) is 4.73. The zero-order valence-electron chi connectivity index (χ0n) is 11.4. The smallest absolute Gasteiger partial charge is 0.217 e. The lowest BCUT2D eigenvalue weighted by Crippen LogP contribution is -2.18. The van der Waals surface area contributed by atoms with Gasteiger partial charge in [0.25, 0.3) is 0 Å². The number of carbonyl (C=O) groups is 1. The number of benzene rings is 1. The Kier molecular flexibility index (Phi) is 3.27. The summed E-state index contributed by atoms with van der Waals surface area (Å²) in [4.78, 5) is 14.0. The van der Waals surface area contributed by atoms with Crippen LogP contribution in [0.2, 0.25) is 0 Å². The number of carbonyl (C=O) groups excluding carboxylic acids is 1. The summed E-state index contributed by atoms with van der Waals surface area (Å²) in [6, 6.07) is 8.83. The van der Waals surface area contributed by atoms with Crippen molar-refractivity contribution >= 4 is 16.9 Å². The summed E-state index contributed by atoms with van der Waals surface area (Å²) in [5.74, 6) is 0.0670. The predicted molar refractivity (Wildman–Crippen MR) is 78.5 cm³/mol. The van der Waals surface area contributed by atoms with Crippen LogP contribution in [0, 0.1) is 0 Å². The quantitative estimate of drug-likeness (QED) is 0.685. The van der Waals surface area contributed by atoms with Gasteiger partial charge >= 0.3 is 0 Å². The molecule has 3 aromatic rings. The van der Waals surface area contributed by atoms with E-state index in [2.05, 4.69) is 20.5 Å². The largest absolute Gasteiger partial charge is 0.507 e. The van der Waals surface area contributed by atoms with Gasteiger partial charge in [-0.1, -0.05) is 12.1 Å². The molecule has 3 rings (SSSR count). The molecule has 0 spiro atoms. The van der Waals surface area contributed by atoms with Crippen LogP contribution in [0.3, 0.4) is 0 Å². The minimum absolute atomic E-state index is 0.0905. The Balaban J connectivity index is 2.04. The number of aromatic nitrogens is 3. The molecule has 0 bridgehead atoms. The van der Waals surface area contributed by atoms with Gasteiger partial charge < -0.3 is 15.4 Å². The first kappa shape index (κ1) is 13.1. The highest BCUT2D eigenvalue weighted by Gasteiger charge is 2.10. The minimum Gasteiger partial charge on any atom is -0.507 e. The average molecular weight is 282 g/mol. The molecule has 6 heteroatoms. The number of hydrogen-bond donors (Lipinski definition) is 3. The standard InChI is InChI=1S/C15H14N4O2/c1-9(20)16-7-10-8-17-15-12(10)6-13(18-19-15)11-4-2-3-5-14(11)21/h2-6,8,21H,7H2,1H3,(H,16,20)(H,17,19). The van der Waals surface area contributed by atoms with Crippen molar-refractivity contribution in [3.63, 3.8) is 0 Å². The van der Waals surface area contributed by atoms with E-state index in [0.717, 1.165) is 10.9 Å². The fourth-order valence-electron chi connectivity index (χ4n) is 2.16. The Labute approximate surface area is 120 Å². The SMILES string of the molecule is CC(=O)NCc1c[nH]c2nnc(-c3ccccc3O)cc12. The molecule has 0 radical (unpaired) electrons. The highest BCUT2D eigenvalue weighted by molar-refractivity contribution is 5.84. The molecular formula is C15H14N4O2. The Bertz CT molecular complexity index is 810. The number of aromatic amines is 1. The summed E-state index contributed by atoms with van der Waals surface area (Å²) in [6.45, 7) is 1.89. The van der Waals surface area contributed by atoms with E-state index < -0.39 is 0 Å². The van der Waals surface area contributed by atoms with Crippen molar-refractivity contribution in [3.05, 3.63) is 42.1 Å². The number of fused-ring (bicyclic) bond motifs is 1. The number of aromatic hydroxyl groups is 1. The van der Waals surface area contributed by atoms with E-state index in [1.54, 1.807) is 24.4 Å². The summed E-state index contributed by atoms with van der Waals surface area (Å²) >= 11 is 0. The highest BCUT2D eigenvalue weighted by Crippen LogP contribution is 2.29. The van der Waals surface area contributed by atoms with Gasteiger partial charge in [-0.25, -0.2) is 0 Å². The van der Waals surface area contributed by atoms with Gasteiger partial charge in [0, 0.05) is 30.6 Å². The number of nitrogens with zero attached hydrogens (tertiary/aromatic N) is 2. The maximum atomic E-state index is 11.0. The number of H-pyrrole nitrogens is 1. The van der Waals surface area contributed by atoms with E-state index in [4.69, 9.17) is 0 Å². The van der Waals surface area contributed by atoms with Crippen molar-refractivity contribution in [2.75, 3.05) is 0 Å². The molecule has 106 valence electrons. The maximum absolute atomic E-state index is 11.0. The summed E-state index contributed by atoms with van der Waals surface area (Å²) in [5.41, 5.74) is 2.78. The molecule has 6 nitrogen and oxygen atoms in total. The van der Waals surface area contributed by atoms with Gasteiger partial charge in [-0.2, -0.15) is 0 Å². The first-order valence-corrected chi connectivity index (χ1v) is 6.51. The molecule has 1 aromatic carbocycles. The molecular weight excluding hydrogens is 268 g/mol. The van der Waals surface area contributed by atoms with Crippen LogP contribution in [0.4, 0.5) is 0 Å². The molecule has 21 heavy (non-hydrogen) atoms. The lowest BCUT2D eigenvalue weighted by molar-refractivity contribution is -0.119. The maximum Gasteiger partial charge on any atom is 0.217 e. The van der Waals surface area contributed by atoms with Crippen LogP contribution in [-0.2, 0) is 11.3 Å². The molecule has 0 aliphatic rings. The summed E-state index contributed by atoms with van der Waals surface area (Å²) < 4.78 is 0. The summed E-state index contributed by atoms with van der Waals surface area (Å²) in [5, 5.41) is 21.8. The normalized spacial score (nSPS) is 10.7. The fourth-order valence-corrected chi connectivity index (χ4v) is 2.16. The van der Waals surface area contributed by atoms with Crippen LogP contribution >= 0.6 is 0 Å². The van der Waals surface area contributed by atoms with Gasteiger partial charge in [0.2, 0.25) is 5.91 Å². The molecule has 0 aliphatic carbocycles. The van der Waals surface area contributed by atoms with Crippen LogP contribution in [0.15, 0.2) is 36.5 Å². The summed E-state index contributed by atoms with van der Waals surface area (Å²) in [7, 11) is 0. The molecule has 0 atom stereocenters. The zero-order valence-corrected chi connectivity index (χ0v) is 11.4. The monoisotopic (exact) mass is 282 g/mol. The van der Waals surface area contributed by atoms with Crippen LogP contribution in [0.25, 0.3) is 22.3 Å². The topological polar surface area (TPSA) is 90.9 Å². The Morgan fingerprint density at radius 1 is 1.33 bits per heavy atom. The summed E-state index contributed by atoms with van der Waals surface area (Å²) in [6.07, 6.45) is 1.80. The van der Waals surface area contributed by atoms with E-state index in [1.807, 2.05) is 12.1 Å². The van der Waals surface area contributed by atoms with Crippen LogP contribution in [0.1, 0.15) is 12.5 Å². The lowest BCUT2D eigenvalue weighted by Gasteiger charge is -2.04. The van der Waals surface area contributed by atoms with E-state index in [9.17, 15) is 9.90 Å². The van der Waals surface area contributed by atoms with E-state index in [-0.39, 0.29) is 11.7 Å². The van der Waals surface area contributed by atoms with E-state index in [1.165, 1.54) is 6.92 Å². The van der Waals surface area contributed by atoms with Crippen LogP contribution in [0.5, 0.6) is 5.75 Å². The molecule has 3 N–H and O–H groups in total. The minimum atomic E-state index is -0.0905. The number of hydrogen-bond acceptors (Lipinski definition) is 4. The molecule has 2 heterocycles. The molecule has 0 unspecified atom stereocenters. The number of phenolic OH excluding ortho intramolecular Hbond substituents is 1. The predicted octanol–water partition coefficient (Wildman–Crippen LogP) is 1.97. The van der Waals surface area contributed by atoms with Crippen molar-refractivity contribution < 1.29 is 9.90 Å². The second-order valence-electron chi connectivity index (χ2n) is 4.73. The number of amides is 1. The third-order valence-corrected chi connectivity index (χ3v) is 3.23. The molecule has 0 saturated heterocycles. The fraction of sp³-hybridized carbons (Fsp3) is 0.133. The Morgan fingerprint density at radius 3 is 2.90 bits per heavy atom. The van der Waals surface area contributed by atoms with Crippen molar-refractivity contribution in [1.82, 2.24) is 20.5 Å². The van der Waals surface area contributed by atoms with Crippen molar-refractivity contribution in [2.24, 2.45) is 0 Å². The van der Waals surface area contributed by atoms with Gasteiger partial charge in [-0.3, -0.25) is 4.79 Å². The van der Waals surface area contributed by atoms with Crippen molar-refractivity contribution in [2.45, 2.75) is 13.5 Å². The van der Waals surface area contributed by atoms with E-state index >= 15 is 0 Å². The molecule has 0 saturated carbocycles. The number of phenols is 1. The average Bonchev–Trinajstić information content (AvgIpc) is 2.88. The van der Waals surface area contributed by atoms with Gasteiger partial charge in [0.15, 0.2) is 5.65 Å². The number of nitrogens with one attached hydrogen (secondary N) is 2. The third-order valence-electron chi connectivity index (χ3n) is 3.23. The Hall–Kier alpha value is -2.89. The lowest BCUT2D eigenvalue weighted by atomic mass is 10.1. The molecule has 0 aliphatic heterocycles.